The van der Waals surface area contributed by atoms with E-state index in [-0.39, 0.29) is 17.8 Å². The van der Waals surface area contributed by atoms with Gasteiger partial charge in [0.05, 0.1) is 22.6 Å². The van der Waals surface area contributed by atoms with Gasteiger partial charge in [-0.25, -0.2) is 0 Å². The van der Waals surface area contributed by atoms with E-state index in [2.05, 4.69) is 0 Å². The molecule has 0 aromatic heterocycles. The molecule has 0 saturated carbocycles. The summed E-state index contributed by atoms with van der Waals surface area (Å²) in [6.45, 7) is 3.50. The normalized spacial score (nSPS) is 15.2. The van der Waals surface area contributed by atoms with Gasteiger partial charge >= 0.3 is 5.97 Å². The summed E-state index contributed by atoms with van der Waals surface area (Å²) in [5.74, 6) is 1.52. The second kappa shape index (κ2) is 10.3. The van der Waals surface area contributed by atoms with Crippen LogP contribution in [0.3, 0.4) is 0 Å². The number of nitrogens with zero attached hydrogens (tertiary/aromatic N) is 1. The molecule has 4 nitrogen and oxygen atoms in total. The third kappa shape index (κ3) is 6.39. The third-order valence-corrected chi connectivity index (χ3v) is 5.95. The fourth-order valence-corrected chi connectivity index (χ4v) is 3.96. The molecular formula is C18H23Cl2NO3S. The maximum atomic E-state index is 12.3. The van der Waals surface area contributed by atoms with Crippen LogP contribution < -0.4 is 0 Å². The average Bonchev–Trinajstić information content (AvgIpc) is 2.62. The lowest BCUT2D eigenvalue weighted by Gasteiger charge is -2.31. The van der Waals surface area contributed by atoms with E-state index in [0.717, 1.165) is 17.1 Å². The number of piperidine rings is 1. The van der Waals surface area contributed by atoms with Crippen LogP contribution in [0.15, 0.2) is 18.2 Å². The van der Waals surface area contributed by atoms with E-state index < -0.39 is 0 Å². The van der Waals surface area contributed by atoms with Crippen LogP contribution in [0.2, 0.25) is 10.0 Å². The summed E-state index contributed by atoms with van der Waals surface area (Å²) in [7, 11) is 0. The van der Waals surface area contributed by atoms with Gasteiger partial charge in [0.1, 0.15) is 0 Å². The highest BCUT2D eigenvalue weighted by Crippen LogP contribution is 2.25. The molecule has 1 aromatic rings. The van der Waals surface area contributed by atoms with Gasteiger partial charge in [0.25, 0.3) is 0 Å². The molecule has 7 heteroatoms. The highest BCUT2D eigenvalue weighted by Gasteiger charge is 2.27. The first-order chi connectivity index (χ1) is 12.0. The number of carbonyl (C=O) groups is 2. The maximum Gasteiger partial charge on any atom is 0.309 e. The number of thioether (sulfide) groups is 1. The van der Waals surface area contributed by atoms with E-state index in [1.54, 1.807) is 17.8 Å². The topological polar surface area (TPSA) is 46.6 Å². The van der Waals surface area contributed by atoms with Gasteiger partial charge in [-0.1, -0.05) is 29.3 Å². The molecule has 0 N–H and O–H groups in total. The first-order valence-corrected chi connectivity index (χ1v) is 10.4. The number of esters is 1. The molecule has 1 heterocycles. The molecular weight excluding hydrogens is 381 g/mol. The average molecular weight is 404 g/mol. The minimum atomic E-state index is -0.133. The standard InChI is InChI=1S/C18H23Cl2NO3S/c1-2-24-18(23)14-5-8-21(9-6-14)17(22)7-10-25-12-13-3-4-15(19)16(20)11-13/h3-4,11,14H,2,5-10,12H2,1H3. The summed E-state index contributed by atoms with van der Waals surface area (Å²) in [5.41, 5.74) is 1.10. The Kier molecular flexibility index (Phi) is 8.40. The van der Waals surface area contributed by atoms with Crippen LogP contribution in [0.5, 0.6) is 0 Å². The molecule has 1 fully saturated rings. The number of halogens is 2. The van der Waals surface area contributed by atoms with Crippen LogP contribution in [0.25, 0.3) is 0 Å². The largest absolute Gasteiger partial charge is 0.466 e. The third-order valence-electron chi connectivity index (χ3n) is 4.18. The first kappa shape index (κ1) is 20.4. The van der Waals surface area contributed by atoms with Gasteiger partial charge in [-0.2, -0.15) is 11.8 Å². The summed E-state index contributed by atoms with van der Waals surface area (Å²) >= 11 is 13.6. The molecule has 0 spiro atoms. The monoisotopic (exact) mass is 403 g/mol. The minimum Gasteiger partial charge on any atom is -0.466 e. The molecule has 0 bridgehead atoms. The van der Waals surface area contributed by atoms with Crippen molar-refractivity contribution in [2.24, 2.45) is 5.92 Å². The number of amides is 1. The van der Waals surface area contributed by atoms with Crippen LogP contribution in [-0.2, 0) is 20.1 Å². The van der Waals surface area contributed by atoms with Crippen molar-refractivity contribution < 1.29 is 14.3 Å². The molecule has 1 amide bonds. The van der Waals surface area contributed by atoms with Crippen molar-refractivity contribution in [2.75, 3.05) is 25.4 Å². The van der Waals surface area contributed by atoms with E-state index in [4.69, 9.17) is 27.9 Å². The molecule has 2 rings (SSSR count). The number of rotatable bonds is 7. The molecule has 0 radical (unpaired) electrons. The van der Waals surface area contributed by atoms with Crippen molar-refractivity contribution in [1.29, 1.82) is 0 Å². The zero-order chi connectivity index (χ0) is 18.2. The van der Waals surface area contributed by atoms with Crippen LogP contribution in [0.4, 0.5) is 0 Å². The minimum absolute atomic E-state index is 0.0620. The highest BCUT2D eigenvalue weighted by molar-refractivity contribution is 7.98. The summed E-state index contributed by atoms with van der Waals surface area (Å²) in [5, 5.41) is 1.11. The fourth-order valence-electron chi connectivity index (χ4n) is 2.76. The molecule has 138 valence electrons. The number of hydrogen-bond donors (Lipinski definition) is 0. The van der Waals surface area contributed by atoms with Gasteiger partial charge in [-0.05, 0) is 37.5 Å². The first-order valence-electron chi connectivity index (χ1n) is 8.47. The molecule has 0 atom stereocenters. The lowest BCUT2D eigenvalue weighted by Crippen LogP contribution is -2.40. The molecule has 1 aliphatic heterocycles. The number of ether oxygens (including phenoxy) is 1. The number of benzene rings is 1. The number of hydrogen-bond acceptors (Lipinski definition) is 4. The Morgan fingerprint density at radius 3 is 2.60 bits per heavy atom. The molecule has 0 aliphatic carbocycles. The van der Waals surface area contributed by atoms with E-state index in [1.807, 2.05) is 24.0 Å². The van der Waals surface area contributed by atoms with Gasteiger partial charge < -0.3 is 9.64 Å². The molecule has 1 aromatic carbocycles. The predicted molar refractivity (Wildman–Crippen MR) is 103 cm³/mol. The van der Waals surface area contributed by atoms with Crippen molar-refractivity contribution in [1.82, 2.24) is 4.90 Å². The lowest BCUT2D eigenvalue weighted by atomic mass is 9.97. The Bertz CT molecular complexity index is 604. The summed E-state index contributed by atoms with van der Waals surface area (Å²) in [6, 6.07) is 5.60. The van der Waals surface area contributed by atoms with E-state index in [1.165, 1.54) is 0 Å². The van der Waals surface area contributed by atoms with Gasteiger partial charge in [0, 0.05) is 31.0 Å². The van der Waals surface area contributed by atoms with Crippen molar-refractivity contribution in [3.05, 3.63) is 33.8 Å². The van der Waals surface area contributed by atoms with Crippen LogP contribution >= 0.6 is 35.0 Å². The van der Waals surface area contributed by atoms with Crippen molar-refractivity contribution in [3.8, 4) is 0 Å². The SMILES string of the molecule is CCOC(=O)C1CCN(C(=O)CCSCc2ccc(Cl)c(Cl)c2)CC1. The fraction of sp³-hybridized carbons (Fsp3) is 0.556. The van der Waals surface area contributed by atoms with Crippen LogP contribution in [-0.4, -0.2) is 42.2 Å². The zero-order valence-corrected chi connectivity index (χ0v) is 16.6. The molecule has 1 saturated heterocycles. The van der Waals surface area contributed by atoms with Crippen molar-refractivity contribution in [3.63, 3.8) is 0 Å². The Hall–Kier alpha value is -0.910. The molecule has 25 heavy (non-hydrogen) atoms. The summed E-state index contributed by atoms with van der Waals surface area (Å²) in [6.07, 6.45) is 1.90. The van der Waals surface area contributed by atoms with Gasteiger partial charge in [0.15, 0.2) is 0 Å². The Morgan fingerprint density at radius 2 is 1.96 bits per heavy atom. The van der Waals surface area contributed by atoms with Crippen molar-refractivity contribution >= 4 is 46.8 Å². The second-order valence-corrected chi connectivity index (χ2v) is 7.88. The summed E-state index contributed by atoms with van der Waals surface area (Å²) in [4.78, 5) is 25.8. The van der Waals surface area contributed by atoms with E-state index in [0.29, 0.717) is 49.0 Å². The quantitative estimate of drug-likeness (QED) is 0.499. The summed E-state index contributed by atoms with van der Waals surface area (Å²) < 4.78 is 5.05. The lowest BCUT2D eigenvalue weighted by molar-refractivity contribution is -0.151. The van der Waals surface area contributed by atoms with Gasteiger partial charge in [0.2, 0.25) is 5.91 Å². The van der Waals surface area contributed by atoms with Crippen molar-refractivity contribution in [2.45, 2.75) is 31.9 Å². The van der Waals surface area contributed by atoms with E-state index >= 15 is 0 Å². The maximum absolute atomic E-state index is 12.3. The van der Waals surface area contributed by atoms with E-state index in [9.17, 15) is 9.59 Å². The number of likely N-dealkylation sites (tertiary alicyclic amines) is 1. The number of carbonyl (C=O) groups excluding carboxylic acids is 2. The predicted octanol–water partition coefficient (Wildman–Crippen LogP) is 4.42. The Labute approximate surface area is 163 Å². The molecule has 1 aliphatic rings. The zero-order valence-electron chi connectivity index (χ0n) is 14.3. The highest BCUT2D eigenvalue weighted by atomic mass is 35.5. The smallest absolute Gasteiger partial charge is 0.309 e. The van der Waals surface area contributed by atoms with Gasteiger partial charge in [-0.15, -0.1) is 0 Å². The Morgan fingerprint density at radius 1 is 1.24 bits per heavy atom. The van der Waals surface area contributed by atoms with Crippen LogP contribution in [0, 0.1) is 5.92 Å². The van der Waals surface area contributed by atoms with Crippen LogP contribution in [0.1, 0.15) is 31.7 Å². The second-order valence-electron chi connectivity index (χ2n) is 5.96. The Balaban J connectivity index is 1.66. The van der Waals surface area contributed by atoms with Gasteiger partial charge in [-0.3, -0.25) is 9.59 Å². The molecule has 0 unspecified atom stereocenters.